The van der Waals surface area contributed by atoms with E-state index in [1.165, 1.54) is 23.6 Å². The molecule has 0 saturated heterocycles. The Labute approximate surface area is 140 Å². The van der Waals surface area contributed by atoms with Gasteiger partial charge in [-0.2, -0.15) is 0 Å². The molecule has 0 amide bonds. The van der Waals surface area contributed by atoms with Crippen LogP contribution in [0, 0.1) is 6.92 Å². The molecule has 0 radical (unpaired) electrons. The Morgan fingerprint density at radius 1 is 1.00 bits per heavy atom. The van der Waals surface area contributed by atoms with E-state index >= 15 is 0 Å². The number of hydrogen-bond acceptors (Lipinski definition) is 3. The normalized spacial score (nSPS) is 14.4. The number of aryl methyl sites for hydroxylation is 1. The first kappa shape index (κ1) is 13.5. The summed E-state index contributed by atoms with van der Waals surface area (Å²) in [7, 11) is 0. The zero-order chi connectivity index (χ0) is 16.1. The van der Waals surface area contributed by atoms with Crippen molar-refractivity contribution in [2.75, 3.05) is 5.32 Å². The van der Waals surface area contributed by atoms with Crippen LogP contribution in [0.4, 0.5) is 5.82 Å². The molecule has 2 aromatic heterocycles. The number of rotatable bonds is 3. The molecule has 0 unspecified atom stereocenters. The predicted molar refractivity (Wildman–Crippen MR) is 98.2 cm³/mol. The predicted octanol–water partition coefficient (Wildman–Crippen LogP) is 4.66. The van der Waals surface area contributed by atoms with Crippen LogP contribution in [0.5, 0.6) is 0 Å². The molecule has 4 nitrogen and oxygen atoms in total. The van der Waals surface area contributed by atoms with Crippen molar-refractivity contribution in [3.8, 4) is 11.4 Å². The minimum atomic E-state index is 0.558. The Bertz CT molecular complexity index is 1060. The highest BCUT2D eigenvalue weighted by Gasteiger charge is 2.23. The van der Waals surface area contributed by atoms with Crippen molar-refractivity contribution in [3.63, 3.8) is 0 Å². The summed E-state index contributed by atoms with van der Waals surface area (Å²) >= 11 is 0. The molecule has 2 N–H and O–H groups in total. The quantitative estimate of drug-likeness (QED) is 0.578. The van der Waals surface area contributed by atoms with Crippen LogP contribution in [0.3, 0.4) is 0 Å². The van der Waals surface area contributed by atoms with E-state index in [2.05, 4.69) is 65.8 Å². The van der Waals surface area contributed by atoms with Crippen LogP contribution in [-0.4, -0.2) is 21.0 Å². The molecule has 4 aromatic rings. The fourth-order valence-corrected chi connectivity index (χ4v) is 3.13. The van der Waals surface area contributed by atoms with Crippen molar-refractivity contribution in [3.05, 3.63) is 54.2 Å². The Balaban J connectivity index is 1.69. The average molecular weight is 314 g/mol. The molecule has 24 heavy (non-hydrogen) atoms. The summed E-state index contributed by atoms with van der Waals surface area (Å²) < 4.78 is 0. The number of nitrogens with one attached hydrogen (secondary N) is 2. The largest absolute Gasteiger partial charge is 0.367 e. The van der Waals surface area contributed by atoms with Crippen LogP contribution < -0.4 is 5.32 Å². The smallest absolute Gasteiger partial charge is 0.163 e. The first-order valence-electron chi connectivity index (χ1n) is 8.39. The van der Waals surface area contributed by atoms with Crippen LogP contribution in [0.25, 0.3) is 33.2 Å². The van der Waals surface area contributed by atoms with E-state index in [4.69, 9.17) is 9.97 Å². The minimum Gasteiger partial charge on any atom is -0.367 e. The van der Waals surface area contributed by atoms with Gasteiger partial charge in [-0.05, 0) is 42.7 Å². The third kappa shape index (κ3) is 2.31. The second-order valence-corrected chi connectivity index (χ2v) is 6.59. The average Bonchev–Trinajstić information content (AvgIpc) is 3.33. The molecule has 0 aliphatic heterocycles. The van der Waals surface area contributed by atoms with E-state index in [-0.39, 0.29) is 0 Å². The molecule has 4 heteroatoms. The molecule has 1 saturated carbocycles. The molecule has 2 heterocycles. The molecule has 1 fully saturated rings. The summed E-state index contributed by atoms with van der Waals surface area (Å²) in [6.45, 7) is 2.05. The van der Waals surface area contributed by atoms with Crippen molar-refractivity contribution in [2.45, 2.75) is 25.8 Å². The summed E-state index contributed by atoms with van der Waals surface area (Å²) in [5.41, 5.74) is 3.05. The lowest BCUT2D eigenvalue weighted by molar-refractivity contribution is 1.10. The van der Waals surface area contributed by atoms with E-state index in [9.17, 15) is 0 Å². The van der Waals surface area contributed by atoms with Gasteiger partial charge in [-0.15, -0.1) is 0 Å². The van der Waals surface area contributed by atoms with Gasteiger partial charge in [0, 0.05) is 17.3 Å². The maximum Gasteiger partial charge on any atom is 0.163 e. The molecule has 0 spiro atoms. The van der Waals surface area contributed by atoms with Crippen LogP contribution in [0.15, 0.2) is 48.5 Å². The standard InChI is InChI=1S/C20H18N4/c1-12-10-17-19(21-12)23-18(24-20(17)22-16-8-9-16)15-7-6-13-4-2-3-5-14(13)11-15/h2-7,10-11,16H,8-9H2,1H3,(H2,21,22,23,24). The van der Waals surface area contributed by atoms with Crippen molar-refractivity contribution in [2.24, 2.45) is 0 Å². The lowest BCUT2D eigenvalue weighted by atomic mass is 10.1. The van der Waals surface area contributed by atoms with Crippen molar-refractivity contribution in [1.29, 1.82) is 0 Å². The molecular weight excluding hydrogens is 296 g/mol. The minimum absolute atomic E-state index is 0.558. The number of hydrogen-bond donors (Lipinski definition) is 2. The summed E-state index contributed by atoms with van der Waals surface area (Å²) in [5.74, 6) is 1.70. The number of fused-ring (bicyclic) bond motifs is 2. The van der Waals surface area contributed by atoms with E-state index in [0.29, 0.717) is 6.04 Å². The van der Waals surface area contributed by atoms with Crippen LogP contribution in [0.2, 0.25) is 0 Å². The molecular formula is C20H18N4. The summed E-state index contributed by atoms with van der Waals surface area (Å²) in [6.07, 6.45) is 2.44. The van der Waals surface area contributed by atoms with Gasteiger partial charge in [0.2, 0.25) is 0 Å². The van der Waals surface area contributed by atoms with Crippen molar-refractivity contribution >= 4 is 27.6 Å². The Hall–Kier alpha value is -2.88. The van der Waals surface area contributed by atoms with Crippen molar-refractivity contribution < 1.29 is 0 Å². The van der Waals surface area contributed by atoms with Crippen LogP contribution >= 0.6 is 0 Å². The SMILES string of the molecule is Cc1cc2c(NC3CC3)nc(-c3ccc4ccccc4c3)nc2[nH]1. The molecule has 5 rings (SSSR count). The number of benzene rings is 2. The van der Waals surface area contributed by atoms with Gasteiger partial charge < -0.3 is 10.3 Å². The number of aromatic nitrogens is 3. The van der Waals surface area contributed by atoms with E-state index in [1.54, 1.807) is 0 Å². The topological polar surface area (TPSA) is 53.6 Å². The fourth-order valence-electron chi connectivity index (χ4n) is 3.13. The molecule has 0 bridgehead atoms. The maximum absolute atomic E-state index is 4.83. The van der Waals surface area contributed by atoms with Crippen molar-refractivity contribution in [1.82, 2.24) is 15.0 Å². The second kappa shape index (κ2) is 5.06. The fraction of sp³-hybridized carbons (Fsp3) is 0.200. The molecule has 0 atom stereocenters. The second-order valence-electron chi connectivity index (χ2n) is 6.59. The van der Waals surface area contributed by atoms with Crippen LogP contribution in [0.1, 0.15) is 18.5 Å². The number of H-pyrrole nitrogens is 1. The first-order valence-corrected chi connectivity index (χ1v) is 8.39. The van der Waals surface area contributed by atoms with E-state index in [0.717, 1.165) is 33.9 Å². The molecule has 1 aliphatic rings. The van der Waals surface area contributed by atoms with Gasteiger partial charge in [0.05, 0.1) is 5.39 Å². The van der Waals surface area contributed by atoms with Gasteiger partial charge in [-0.25, -0.2) is 9.97 Å². The molecule has 2 aromatic carbocycles. The number of anilines is 1. The zero-order valence-electron chi connectivity index (χ0n) is 13.5. The highest BCUT2D eigenvalue weighted by atomic mass is 15.1. The van der Waals surface area contributed by atoms with E-state index in [1.807, 2.05) is 0 Å². The van der Waals surface area contributed by atoms with Gasteiger partial charge in [-0.1, -0.05) is 36.4 Å². The van der Waals surface area contributed by atoms with Gasteiger partial charge in [-0.3, -0.25) is 0 Å². The summed E-state index contributed by atoms with van der Waals surface area (Å²) in [4.78, 5) is 12.9. The van der Waals surface area contributed by atoms with Gasteiger partial charge in [0.25, 0.3) is 0 Å². The number of aromatic amines is 1. The highest BCUT2D eigenvalue weighted by molar-refractivity contribution is 5.91. The van der Waals surface area contributed by atoms with Gasteiger partial charge in [0.15, 0.2) is 5.82 Å². The van der Waals surface area contributed by atoms with Gasteiger partial charge in [0.1, 0.15) is 11.5 Å². The maximum atomic E-state index is 4.83. The Kier molecular flexibility index (Phi) is 2.86. The zero-order valence-corrected chi connectivity index (χ0v) is 13.5. The third-order valence-electron chi connectivity index (χ3n) is 4.55. The summed E-state index contributed by atoms with van der Waals surface area (Å²) in [5, 5.41) is 7.06. The van der Waals surface area contributed by atoms with E-state index < -0.39 is 0 Å². The third-order valence-corrected chi connectivity index (χ3v) is 4.55. The van der Waals surface area contributed by atoms with Crippen LogP contribution in [-0.2, 0) is 0 Å². The lowest BCUT2D eigenvalue weighted by Crippen LogP contribution is -2.05. The Morgan fingerprint density at radius 2 is 1.83 bits per heavy atom. The van der Waals surface area contributed by atoms with Gasteiger partial charge >= 0.3 is 0 Å². The molecule has 118 valence electrons. The Morgan fingerprint density at radius 3 is 2.67 bits per heavy atom. The molecule has 1 aliphatic carbocycles. The number of nitrogens with zero attached hydrogens (tertiary/aromatic N) is 2. The lowest BCUT2D eigenvalue weighted by Gasteiger charge is -2.08. The first-order chi connectivity index (χ1) is 11.8. The summed E-state index contributed by atoms with van der Waals surface area (Å²) in [6, 6.07) is 17.4. The monoisotopic (exact) mass is 314 g/mol. The highest BCUT2D eigenvalue weighted by Crippen LogP contribution is 2.31.